The molecule has 0 aromatic heterocycles. The molecule has 0 radical (unpaired) electrons. The average Bonchev–Trinajstić information content (AvgIpc) is 3.25. The van der Waals surface area contributed by atoms with Crippen LogP contribution < -0.4 is 5.32 Å². The third-order valence-corrected chi connectivity index (χ3v) is 4.81. The molecule has 20 heavy (non-hydrogen) atoms. The third kappa shape index (κ3) is 2.48. The van der Waals surface area contributed by atoms with Gasteiger partial charge in [0.15, 0.2) is 0 Å². The first-order chi connectivity index (χ1) is 9.45. The van der Waals surface area contributed by atoms with Crippen molar-refractivity contribution in [3.63, 3.8) is 0 Å². The van der Waals surface area contributed by atoms with Gasteiger partial charge in [-0.15, -0.1) is 0 Å². The van der Waals surface area contributed by atoms with Crippen LogP contribution in [0.2, 0.25) is 0 Å². The van der Waals surface area contributed by atoms with Gasteiger partial charge in [-0.2, -0.15) is 0 Å². The maximum Gasteiger partial charge on any atom is 0.249 e. The van der Waals surface area contributed by atoms with E-state index in [9.17, 15) is 9.59 Å². The van der Waals surface area contributed by atoms with Gasteiger partial charge >= 0.3 is 0 Å². The molecule has 1 N–H and O–H groups in total. The highest BCUT2D eigenvalue weighted by atomic mass is 16.2. The number of carbonyl (C=O) groups excluding carboxylic acids is 2. The van der Waals surface area contributed by atoms with Crippen molar-refractivity contribution in [3.8, 4) is 0 Å². The van der Waals surface area contributed by atoms with Crippen molar-refractivity contribution in [1.29, 1.82) is 0 Å². The molecule has 0 aromatic carbocycles. The summed E-state index contributed by atoms with van der Waals surface area (Å²) in [5.41, 5.74) is -0.692. The molecular formula is C16H26N2O2. The second-order valence-electron chi connectivity index (χ2n) is 6.32. The first kappa shape index (κ1) is 15.1. The fourth-order valence-corrected chi connectivity index (χ4v) is 3.09. The Morgan fingerprint density at radius 2 is 2.10 bits per heavy atom. The number of hydrogen-bond acceptors (Lipinski definition) is 2. The molecule has 3 atom stereocenters. The molecule has 0 aromatic rings. The van der Waals surface area contributed by atoms with E-state index in [0.29, 0.717) is 12.5 Å². The van der Waals surface area contributed by atoms with Crippen LogP contribution in [0.1, 0.15) is 47.0 Å². The second-order valence-corrected chi connectivity index (χ2v) is 6.32. The zero-order valence-electron chi connectivity index (χ0n) is 13.0. The van der Waals surface area contributed by atoms with E-state index in [1.165, 1.54) is 0 Å². The molecule has 0 spiro atoms. The SMILES string of the molecule is C/C=C/CN1C(=O)C(C)(C2CC2)NC(=O)C1C(C)CC. The number of amides is 2. The Hall–Kier alpha value is -1.32. The summed E-state index contributed by atoms with van der Waals surface area (Å²) in [7, 11) is 0. The minimum Gasteiger partial charge on any atom is -0.340 e. The van der Waals surface area contributed by atoms with Gasteiger partial charge in [0.2, 0.25) is 11.8 Å². The van der Waals surface area contributed by atoms with Crippen LogP contribution in [-0.2, 0) is 9.59 Å². The van der Waals surface area contributed by atoms with E-state index in [1.54, 1.807) is 4.90 Å². The van der Waals surface area contributed by atoms with Gasteiger partial charge in [-0.25, -0.2) is 0 Å². The Morgan fingerprint density at radius 3 is 2.60 bits per heavy atom. The average molecular weight is 278 g/mol. The standard InChI is InChI=1S/C16H26N2O2/c1-5-7-10-18-13(11(3)6-2)14(19)17-16(4,15(18)20)12-8-9-12/h5,7,11-13H,6,8-10H2,1-4H3,(H,17,19)/b7-5+. The molecule has 2 fully saturated rings. The molecule has 3 unspecified atom stereocenters. The highest BCUT2D eigenvalue weighted by Crippen LogP contribution is 2.42. The quantitative estimate of drug-likeness (QED) is 0.783. The Morgan fingerprint density at radius 1 is 1.45 bits per heavy atom. The van der Waals surface area contributed by atoms with Gasteiger partial charge in [0, 0.05) is 6.54 Å². The lowest BCUT2D eigenvalue weighted by molar-refractivity contribution is -0.156. The van der Waals surface area contributed by atoms with E-state index < -0.39 is 5.54 Å². The summed E-state index contributed by atoms with van der Waals surface area (Å²) < 4.78 is 0. The maximum absolute atomic E-state index is 12.9. The molecule has 2 amide bonds. The number of carbonyl (C=O) groups is 2. The van der Waals surface area contributed by atoms with Gasteiger partial charge in [-0.05, 0) is 38.5 Å². The highest BCUT2D eigenvalue weighted by molar-refractivity contribution is 6.00. The van der Waals surface area contributed by atoms with E-state index >= 15 is 0 Å². The Labute approximate surface area is 121 Å². The summed E-state index contributed by atoms with van der Waals surface area (Å²) in [6, 6.07) is -0.337. The van der Waals surface area contributed by atoms with Crippen molar-refractivity contribution in [2.24, 2.45) is 11.8 Å². The number of nitrogens with zero attached hydrogens (tertiary/aromatic N) is 1. The van der Waals surface area contributed by atoms with Crippen LogP contribution in [0.3, 0.4) is 0 Å². The van der Waals surface area contributed by atoms with Crippen molar-refractivity contribution in [3.05, 3.63) is 12.2 Å². The normalized spacial score (nSPS) is 32.6. The summed E-state index contributed by atoms with van der Waals surface area (Å²) in [6.07, 6.45) is 6.85. The fraction of sp³-hybridized carbons (Fsp3) is 0.750. The summed E-state index contributed by atoms with van der Waals surface area (Å²) >= 11 is 0. The van der Waals surface area contributed by atoms with Crippen molar-refractivity contribution in [1.82, 2.24) is 10.2 Å². The minimum absolute atomic E-state index is 0.0119. The Balaban J connectivity index is 2.30. The van der Waals surface area contributed by atoms with Crippen LogP contribution in [0.15, 0.2) is 12.2 Å². The van der Waals surface area contributed by atoms with E-state index in [0.717, 1.165) is 19.3 Å². The molecule has 1 saturated carbocycles. The minimum atomic E-state index is -0.692. The lowest BCUT2D eigenvalue weighted by Gasteiger charge is -2.46. The van der Waals surface area contributed by atoms with Gasteiger partial charge in [-0.3, -0.25) is 9.59 Å². The molecular weight excluding hydrogens is 252 g/mol. The van der Waals surface area contributed by atoms with Crippen molar-refractivity contribution >= 4 is 11.8 Å². The molecule has 112 valence electrons. The molecule has 2 rings (SSSR count). The lowest BCUT2D eigenvalue weighted by atomic mass is 9.85. The number of rotatable bonds is 5. The molecule has 1 aliphatic carbocycles. The van der Waals surface area contributed by atoms with Crippen LogP contribution in [0.5, 0.6) is 0 Å². The predicted molar refractivity (Wildman–Crippen MR) is 79.0 cm³/mol. The smallest absolute Gasteiger partial charge is 0.249 e. The van der Waals surface area contributed by atoms with E-state index in [2.05, 4.69) is 12.2 Å². The van der Waals surface area contributed by atoms with Gasteiger partial charge in [-0.1, -0.05) is 32.4 Å². The first-order valence-electron chi connectivity index (χ1n) is 7.70. The van der Waals surface area contributed by atoms with Crippen LogP contribution in [-0.4, -0.2) is 34.8 Å². The lowest BCUT2D eigenvalue weighted by Crippen LogP contribution is -2.71. The van der Waals surface area contributed by atoms with Crippen molar-refractivity contribution in [2.45, 2.75) is 58.5 Å². The monoisotopic (exact) mass is 278 g/mol. The van der Waals surface area contributed by atoms with Crippen LogP contribution in [0.25, 0.3) is 0 Å². The molecule has 1 heterocycles. The summed E-state index contributed by atoms with van der Waals surface area (Å²) in [4.78, 5) is 27.2. The third-order valence-electron chi connectivity index (χ3n) is 4.81. The fourth-order valence-electron chi connectivity index (χ4n) is 3.09. The maximum atomic E-state index is 12.9. The van der Waals surface area contributed by atoms with Gasteiger partial charge in [0.05, 0.1) is 0 Å². The molecule has 0 bridgehead atoms. The predicted octanol–water partition coefficient (Wildman–Crippen LogP) is 2.10. The van der Waals surface area contributed by atoms with E-state index in [4.69, 9.17) is 0 Å². The zero-order chi connectivity index (χ0) is 14.9. The van der Waals surface area contributed by atoms with Crippen LogP contribution >= 0.6 is 0 Å². The van der Waals surface area contributed by atoms with Gasteiger partial charge in [0.25, 0.3) is 0 Å². The number of nitrogens with one attached hydrogen (secondary N) is 1. The molecule has 2 aliphatic rings. The Kier molecular flexibility index (Phi) is 4.21. The summed E-state index contributed by atoms with van der Waals surface area (Å²) in [6.45, 7) is 8.46. The first-order valence-corrected chi connectivity index (χ1v) is 7.70. The Bertz CT molecular complexity index is 428. The molecule has 1 saturated heterocycles. The number of hydrogen-bond donors (Lipinski definition) is 1. The van der Waals surface area contributed by atoms with E-state index in [1.807, 2.05) is 32.9 Å². The number of allylic oxidation sites excluding steroid dienone is 1. The van der Waals surface area contributed by atoms with Gasteiger partial charge in [0.1, 0.15) is 11.6 Å². The molecule has 4 nitrogen and oxygen atoms in total. The zero-order valence-corrected chi connectivity index (χ0v) is 13.0. The summed E-state index contributed by atoms with van der Waals surface area (Å²) in [5.74, 6) is 0.582. The highest BCUT2D eigenvalue weighted by Gasteiger charge is 2.55. The van der Waals surface area contributed by atoms with Crippen LogP contribution in [0.4, 0.5) is 0 Å². The summed E-state index contributed by atoms with van der Waals surface area (Å²) in [5, 5.41) is 3.02. The number of piperazine rings is 1. The topological polar surface area (TPSA) is 49.4 Å². The second kappa shape index (κ2) is 5.58. The van der Waals surface area contributed by atoms with Crippen molar-refractivity contribution < 1.29 is 9.59 Å². The van der Waals surface area contributed by atoms with Crippen molar-refractivity contribution in [2.75, 3.05) is 6.54 Å². The van der Waals surface area contributed by atoms with Gasteiger partial charge < -0.3 is 10.2 Å². The largest absolute Gasteiger partial charge is 0.340 e. The van der Waals surface area contributed by atoms with E-state index in [-0.39, 0.29) is 23.8 Å². The molecule has 4 heteroatoms. The molecule has 1 aliphatic heterocycles. The van der Waals surface area contributed by atoms with Crippen LogP contribution in [0, 0.1) is 11.8 Å².